The Morgan fingerprint density at radius 1 is 0.692 bits per heavy atom. The number of rotatable bonds is 18. The van der Waals surface area contributed by atoms with Crippen LogP contribution in [0.2, 0.25) is 0 Å². The largest absolute Gasteiger partial charge is 0.214 e. The molecule has 0 spiro atoms. The number of hydrogen-bond acceptors (Lipinski definition) is 4. The second kappa shape index (κ2) is 17.3. The van der Waals surface area contributed by atoms with Gasteiger partial charge in [-0.3, -0.25) is 0 Å². The summed E-state index contributed by atoms with van der Waals surface area (Å²) in [4.78, 5) is 0. The van der Waals surface area contributed by atoms with Crippen LogP contribution in [0.5, 0.6) is 0 Å². The van der Waals surface area contributed by atoms with E-state index in [-0.39, 0.29) is 5.75 Å². The summed E-state index contributed by atoms with van der Waals surface area (Å²) in [6, 6.07) is 4.21. The van der Waals surface area contributed by atoms with Crippen molar-refractivity contribution in [3.8, 4) is 12.1 Å². The molecule has 0 aliphatic heterocycles. The number of nitrogens with zero attached hydrogens (tertiary/aromatic N) is 3. The van der Waals surface area contributed by atoms with Crippen molar-refractivity contribution in [1.82, 2.24) is 4.31 Å². The Bertz CT molecular complexity index is 484. The molecule has 0 rings (SSSR count). The van der Waals surface area contributed by atoms with Gasteiger partial charge in [0.05, 0.1) is 17.9 Å². The van der Waals surface area contributed by atoms with E-state index >= 15 is 0 Å². The molecule has 0 aromatic rings. The first kappa shape index (κ1) is 24.9. The second-order valence-electron chi connectivity index (χ2n) is 6.92. The second-order valence-corrected chi connectivity index (χ2v) is 9.01. The van der Waals surface area contributed by atoms with Gasteiger partial charge in [-0.05, 0) is 32.1 Å². The molecular formula is C20H37N3O2S. The number of hydrogen-bond donors (Lipinski definition) is 0. The lowest BCUT2D eigenvalue weighted by atomic mass is 10.1. The summed E-state index contributed by atoms with van der Waals surface area (Å²) in [5.41, 5.74) is 0. The highest BCUT2D eigenvalue weighted by atomic mass is 32.2. The maximum Gasteiger partial charge on any atom is 0.214 e. The molecule has 26 heavy (non-hydrogen) atoms. The van der Waals surface area contributed by atoms with Gasteiger partial charge in [0.1, 0.15) is 0 Å². The molecule has 0 N–H and O–H groups in total. The van der Waals surface area contributed by atoms with E-state index in [0.717, 1.165) is 44.9 Å². The van der Waals surface area contributed by atoms with Crippen molar-refractivity contribution in [2.24, 2.45) is 0 Å². The SMILES string of the molecule is CCCCCCCCCCS(=O)(=O)N(CCCCC#N)CCCCC#N. The number of sulfonamides is 1. The van der Waals surface area contributed by atoms with E-state index in [2.05, 4.69) is 19.1 Å². The van der Waals surface area contributed by atoms with Crippen molar-refractivity contribution in [3.63, 3.8) is 0 Å². The lowest BCUT2D eigenvalue weighted by Gasteiger charge is -2.22. The lowest BCUT2D eigenvalue weighted by Crippen LogP contribution is -2.35. The minimum absolute atomic E-state index is 0.221. The fourth-order valence-electron chi connectivity index (χ4n) is 2.92. The predicted molar refractivity (Wildman–Crippen MR) is 107 cm³/mol. The summed E-state index contributed by atoms with van der Waals surface area (Å²) in [6.45, 7) is 3.19. The van der Waals surface area contributed by atoms with Crippen LogP contribution in [0.15, 0.2) is 0 Å². The molecule has 0 saturated carbocycles. The van der Waals surface area contributed by atoms with Crippen LogP contribution in [0, 0.1) is 22.7 Å². The smallest absolute Gasteiger partial charge is 0.212 e. The molecule has 0 fully saturated rings. The molecule has 6 heteroatoms. The first-order valence-corrected chi connectivity index (χ1v) is 11.9. The van der Waals surface area contributed by atoms with E-state index in [1.165, 1.54) is 32.1 Å². The third-order valence-corrected chi connectivity index (χ3v) is 6.50. The van der Waals surface area contributed by atoms with Crippen molar-refractivity contribution in [1.29, 1.82) is 10.5 Å². The van der Waals surface area contributed by atoms with E-state index in [4.69, 9.17) is 10.5 Å². The Labute approximate surface area is 161 Å². The summed E-state index contributed by atoms with van der Waals surface area (Å²) in [7, 11) is -3.23. The normalized spacial score (nSPS) is 11.4. The average Bonchev–Trinajstić information content (AvgIpc) is 2.62. The van der Waals surface area contributed by atoms with Gasteiger partial charge >= 0.3 is 0 Å². The van der Waals surface area contributed by atoms with Gasteiger partial charge < -0.3 is 0 Å². The maximum atomic E-state index is 12.6. The standard InChI is InChI=1S/C20H37N3O2S/c1-2-3-4-5-6-7-8-15-20-26(24,25)23(18-13-9-11-16-21)19-14-10-12-17-22/h2-15,18-20H2,1H3. The van der Waals surface area contributed by atoms with Crippen LogP contribution in [0.25, 0.3) is 0 Å². The van der Waals surface area contributed by atoms with Gasteiger partial charge in [-0.1, -0.05) is 51.9 Å². The van der Waals surface area contributed by atoms with Crippen LogP contribution in [0.4, 0.5) is 0 Å². The van der Waals surface area contributed by atoms with Gasteiger partial charge in [0, 0.05) is 25.9 Å². The Hall–Kier alpha value is -1.11. The molecule has 0 unspecified atom stereocenters. The highest BCUT2D eigenvalue weighted by molar-refractivity contribution is 7.89. The number of unbranched alkanes of at least 4 members (excludes halogenated alkanes) is 11. The summed E-state index contributed by atoms with van der Waals surface area (Å²) in [6.07, 6.45) is 13.0. The summed E-state index contributed by atoms with van der Waals surface area (Å²) < 4.78 is 26.8. The van der Waals surface area contributed by atoms with Gasteiger partial charge in [0.15, 0.2) is 0 Å². The first-order chi connectivity index (χ1) is 12.6. The predicted octanol–water partition coefficient (Wildman–Crippen LogP) is 5.15. The van der Waals surface area contributed by atoms with Gasteiger partial charge in [0.2, 0.25) is 10.0 Å². The molecule has 0 bridgehead atoms. The van der Waals surface area contributed by atoms with E-state index in [0.29, 0.717) is 25.9 Å². The number of nitriles is 2. The Morgan fingerprint density at radius 2 is 1.15 bits per heavy atom. The zero-order valence-electron chi connectivity index (χ0n) is 16.6. The molecule has 0 aliphatic carbocycles. The van der Waals surface area contributed by atoms with Crippen LogP contribution in [0.3, 0.4) is 0 Å². The first-order valence-electron chi connectivity index (χ1n) is 10.3. The topological polar surface area (TPSA) is 85.0 Å². The van der Waals surface area contributed by atoms with Gasteiger partial charge in [-0.2, -0.15) is 10.5 Å². The van der Waals surface area contributed by atoms with Crippen molar-refractivity contribution < 1.29 is 8.42 Å². The monoisotopic (exact) mass is 383 g/mol. The van der Waals surface area contributed by atoms with Gasteiger partial charge in [0.25, 0.3) is 0 Å². The van der Waals surface area contributed by atoms with Crippen molar-refractivity contribution in [2.75, 3.05) is 18.8 Å². The summed E-state index contributed by atoms with van der Waals surface area (Å²) in [5.74, 6) is 0.221. The fraction of sp³-hybridized carbons (Fsp3) is 0.900. The summed E-state index contributed by atoms with van der Waals surface area (Å²) >= 11 is 0. The summed E-state index contributed by atoms with van der Waals surface area (Å²) in [5, 5.41) is 17.2. The molecule has 5 nitrogen and oxygen atoms in total. The maximum absolute atomic E-state index is 12.6. The van der Waals surface area contributed by atoms with E-state index in [9.17, 15) is 8.42 Å². The zero-order valence-corrected chi connectivity index (χ0v) is 17.4. The Kier molecular flexibility index (Phi) is 16.6. The van der Waals surface area contributed by atoms with Crippen LogP contribution >= 0.6 is 0 Å². The minimum atomic E-state index is -3.23. The molecular weight excluding hydrogens is 346 g/mol. The van der Waals surface area contributed by atoms with Crippen LogP contribution in [0.1, 0.15) is 96.8 Å². The van der Waals surface area contributed by atoms with E-state index in [1.54, 1.807) is 4.31 Å². The zero-order chi connectivity index (χ0) is 19.5. The highest BCUT2D eigenvalue weighted by Gasteiger charge is 2.20. The molecule has 0 heterocycles. The third kappa shape index (κ3) is 14.1. The molecule has 0 atom stereocenters. The third-order valence-electron chi connectivity index (χ3n) is 4.54. The molecule has 0 saturated heterocycles. The molecule has 0 aromatic heterocycles. The van der Waals surface area contributed by atoms with Crippen LogP contribution in [-0.4, -0.2) is 31.6 Å². The minimum Gasteiger partial charge on any atom is -0.212 e. The van der Waals surface area contributed by atoms with Gasteiger partial charge in [-0.25, -0.2) is 12.7 Å². The molecule has 0 aromatic carbocycles. The molecule has 0 radical (unpaired) electrons. The quantitative estimate of drug-likeness (QED) is 0.306. The van der Waals surface area contributed by atoms with Crippen molar-refractivity contribution in [2.45, 2.75) is 96.8 Å². The lowest BCUT2D eigenvalue weighted by molar-refractivity contribution is 0.390. The van der Waals surface area contributed by atoms with Gasteiger partial charge in [-0.15, -0.1) is 0 Å². The molecule has 0 aliphatic rings. The van der Waals surface area contributed by atoms with Crippen LogP contribution < -0.4 is 0 Å². The highest BCUT2D eigenvalue weighted by Crippen LogP contribution is 2.13. The average molecular weight is 384 g/mol. The molecule has 150 valence electrons. The van der Waals surface area contributed by atoms with E-state index in [1.807, 2.05) is 0 Å². The Morgan fingerprint density at radius 3 is 1.62 bits per heavy atom. The fourth-order valence-corrected chi connectivity index (χ4v) is 4.56. The Balaban J connectivity index is 4.21. The van der Waals surface area contributed by atoms with Crippen molar-refractivity contribution >= 4 is 10.0 Å². The van der Waals surface area contributed by atoms with Crippen LogP contribution in [-0.2, 0) is 10.0 Å². The van der Waals surface area contributed by atoms with E-state index < -0.39 is 10.0 Å². The van der Waals surface area contributed by atoms with Crippen molar-refractivity contribution in [3.05, 3.63) is 0 Å². The molecule has 0 amide bonds.